The molecule has 1 aliphatic carbocycles. The molecule has 0 bridgehead atoms. The molecule has 0 atom stereocenters. The molecule has 0 saturated heterocycles. The van der Waals surface area contributed by atoms with Gasteiger partial charge in [0.25, 0.3) is 5.91 Å². The lowest BCUT2D eigenvalue weighted by Crippen LogP contribution is -2.38. The van der Waals surface area contributed by atoms with Gasteiger partial charge >= 0.3 is 0 Å². The number of nitrogens with one attached hydrogen (secondary N) is 1. The topological polar surface area (TPSA) is 72.1 Å². The second-order valence-corrected chi connectivity index (χ2v) is 6.84. The van der Waals surface area contributed by atoms with E-state index in [0.717, 1.165) is 12.8 Å². The van der Waals surface area contributed by atoms with E-state index in [1.165, 1.54) is 18.3 Å². The molecular formula is C20H21FN4O2. The maximum atomic E-state index is 13.3. The summed E-state index contributed by atoms with van der Waals surface area (Å²) in [6.07, 6.45) is 7.86. The lowest BCUT2D eigenvalue weighted by molar-refractivity contribution is 0.0867. The van der Waals surface area contributed by atoms with E-state index in [9.17, 15) is 14.3 Å². The van der Waals surface area contributed by atoms with E-state index in [-0.39, 0.29) is 23.9 Å². The molecular weight excluding hydrogens is 347 g/mol. The van der Waals surface area contributed by atoms with E-state index in [2.05, 4.69) is 10.4 Å². The normalized spacial score (nSPS) is 19.8. The quantitative estimate of drug-likeness (QED) is 0.744. The fourth-order valence-corrected chi connectivity index (χ4v) is 3.48. The van der Waals surface area contributed by atoms with Crippen molar-refractivity contribution in [2.24, 2.45) is 0 Å². The minimum absolute atomic E-state index is 0.0487. The fraction of sp³-hybridized carbons (Fsp3) is 0.300. The van der Waals surface area contributed by atoms with Crippen LogP contribution in [0.4, 0.5) is 4.39 Å². The summed E-state index contributed by atoms with van der Waals surface area (Å²) >= 11 is 0. The first-order valence-corrected chi connectivity index (χ1v) is 9.08. The SMILES string of the molecule is O=C(NC1CCC(O)CC1)c1cnn(-c2ccc(F)cc2)c1-n1cccc1. The van der Waals surface area contributed by atoms with Crippen molar-refractivity contribution < 1.29 is 14.3 Å². The molecule has 0 radical (unpaired) electrons. The van der Waals surface area contributed by atoms with E-state index in [1.807, 2.05) is 29.1 Å². The molecule has 4 rings (SSSR count). The van der Waals surface area contributed by atoms with Gasteiger partial charge in [-0.2, -0.15) is 5.10 Å². The highest BCUT2D eigenvalue weighted by molar-refractivity contribution is 5.97. The molecule has 1 saturated carbocycles. The number of aliphatic hydroxyl groups excluding tert-OH is 1. The number of carbonyl (C=O) groups excluding carboxylic acids is 1. The summed E-state index contributed by atoms with van der Waals surface area (Å²) in [5.41, 5.74) is 1.11. The van der Waals surface area contributed by atoms with Crippen molar-refractivity contribution in [2.45, 2.75) is 37.8 Å². The van der Waals surface area contributed by atoms with E-state index in [0.29, 0.717) is 29.9 Å². The summed E-state index contributed by atoms with van der Waals surface area (Å²) < 4.78 is 16.7. The molecule has 6 nitrogen and oxygen atoms in total. The number of benzene rings is 1. The molecule has 27 heavy (non-hydrogen) atoms. The summed E-state index contributed by atoms with van der Waals surface area (Å²) in [5.74, 6) is 0.0688. The van der Waals surface area contributed by atoms with Crippen molar-refractivity contribution >= 4 is 5.91 Å². The molecule has 3 aromatic rings. The van der Waals surface area contributed by atoms with E-state index >= 15 is 0 Å². The van der Waals surface area contributed by atoms with Gasteiger partial charge in [-0.15, -0.1) is 0 Å². The van der Waals surface area contributed by atoms with Gasteiger partial charge in [0.1, 0.15) is 11.4 Å². The first-order valence-electron chi connectivity index (χ1n) is 9.08. The summed E-state index contributed by atoms with van der Waals surface area (Å²) in [4.78, 5) is 12.9. The van der Waals surface area contributed by atoms with Crippen LogP contribution in [0.15, 0.2) is 55.0 Å². The monoisotopic (exact) mass is 368 g/mol. The molecule has 1 fully saturated rings. The summed E-state index contributed by atoms with van der Waals surface area (Å²) in [6, 6.07) is 9.76. The zero-order chi connectivity index (χ0) is 18.8. The Kier molecular flexibility index (Phi) is 4.77. The summed E-state index contributed by atoms with van der Waals surface area (Å²) in [5, 5.41) is 17.1. The molecule has 7 heteroatoms. The van der Waals surface area contributed by atoms with E-state index in [1.54, 1.807) is 16.8 Å². The van der Waals surface area contributed by atoms with Crippen LogP contribution >= 0.6 is 0 Å². The number of halogens is 1. The van der Waals surface area contributed by atoms with Gasteiger partial charge in [0.05, 0.1) is 18.0 Å². The molecule has 1 aromatic carbocycles. The van der Waals surface area contributed by atoms with Crippen LogP contribution in [0, 0.1) is 5.82 Å². The third-order valence-corrected chi connectivity index (χ3v) is 4.94. The van der Waals surface area contributed by atoms with Crippen molar-refractivity contribution in [3.05, 3.63) is 66.4 Å². The molecule has 1 aliphatic rings. The highest BCUT2D eigenvalue weighted by Crippen LogP contribution is 2.22. The second kappa shape index (κ2) is 7.36. The number of hydrogen-bond acceptors (Lipinski definition) is 3. The first kappa shape index (κ1) is 17.5. The minimum atomic E-state index is -0.328. The number of nitrogens with zero attached hydrogens (tertiary/aromatic N) is 3. The predicted molar refractivity (Wildman–Crippen MR) is 98.6 cm³/mol. The number of aliphatic hydroxyl groups is 1. The highest BCUT2D eigenvalue weighted by Gasteiger charge is 2.25. The Morgan fingerprint density at radius 3 is 2.44 bits per heavy atom. The van der Waals surface area contributed by atoms with Crippen molar-refractivity contribution in [3.63, 3.8) is 0 Å². The minimum Gasteiger partial charge on any atom is -0.393 e. The van der Waals surface area contributed by atoms with Crippen molar-refractivity contribution in [1.82, 2.24) is 19.7 Å². The summed E-state index contributed by atoms with van der Waals surface area (Å²) in [7, 11) is 0. The van der Waals surface area contributed by atoms with Crippen LogP contribution in [0.25, 0.3) is 11.5 Å². The van der Waals surface area contributed by atoms with Gasteiger partial charge in [0.2, 0.25) is 0 Å². The van der Waals surface area contributed by atoms with Gasteiger partial charge < -0.3 is 15.0 Å². The average molecular weight is 368 g/mol. The first-order chi connectivity index (χ1) is 13.1. The van der Waals surface area contributed by atoms with E-state index in [4.69, 9.17) is 0 Å². The Hall–Kier alpha value is -2.93. The van der Waals surface area contributed by atoms with E-state index < -0.39 is 0 Å². The van der Waals surface area contributed by atoms with Crippen LogP contribution in [0.2, 0.25) is 0 Å². The molecule has 2 aromatic heterocycles. The van der Waals surface area contributed by atoms with Crippen LogP contribution < -0.4 is 5.32 Å². The highest BCUT2D eigenvalue weighted by atomic mass is 19.1. The standard InChI is InChI=1S/C20H21FN4O2/c21-14-3-7-16(8-4-14)25-20(24-11-1-2-12-24)18(13-22-25)19(27)23-15-5-9-17(26)10-6-15/h1-4,7-8,11-13,15,17,26H,5-6,9-10H2,(H,23,27). The maximum absolute atomic E-state index is 13.3. The van der Waals surface area contributed by atoms with Gasteiger partial charge in [-0.05, 0) is 62.1 Å². The fourth-order valence-electron chi connectivity index (χ4n) is 3.48. The number of amides is 1. The van der Waals surface area contributed by atoms with Crippen LogP contribution in [0.1, 0.15) is 36.0 Å². The average Bonchev–Trinajstić information content (AvgIpc) is 3.33. The Labute approximate surface area is 156 Å². The zero-order valence-corrected chi connectivity index (χ0v) is 14.8. The molecule has 1 amide bonds. The Balaban J connectivity index is 1.66. The predicted octanol–water partition coefficient (Wildman–Crippen LogP) is 2.84. The molecule has 2 N–H and O–H groups in total. The number of rotatable bonds is 4. The van der Waals surface area contributed by atoms with Crippen LogP contribution in [0.5, 0.6) is 0 Å². The molecule has 0 unspecified atom stereocenters. The smallest absolute Gasteiger partial charge is 0.256 e. The zero-order valence-electron chi connectivity index (χ0n) is 14.8. The number of aromatic nitrogens is 3. The Morgan fingerprint density at radius 2 is 1.78 bits per heavy atom. The van der Waals surface area contributed by atoms with Crippen LogP contribution in [-0.4, -0.2) is 37.5 Å². The Morgan fingerprint density at radius 1 is 1.11 bits per heavy atom. The third kappa shape index (κ3) is 3.64. The molecule has 0 spiro atoms. The third-order valence-electron chi connectivity index (χ3n) is 4.94. The molecule has 140 valence electrons. The number of carbonyl (C=O) groups is 1. The lowest BCUT2D eigenvalue weighted by atomic mass is 9.93. The number of hydrogen-bond donors (Lipinski definition) is 2. The van der Waals surface area contributed by atoms with Crippen LogP contribution in [-0.2, 0) is 0 Å². The van der Waals surface area contributed by atoms with Crippen LogP contribution in [0.3, 0.4) is 0 Å². The maximum Gasteiger partial charge on any atom is 0.256 e. The van der Waals surface area contributed by atoms with Gasteiger partial charge in [-0.3, -0.25) is 4.79 Å². The van der Waals surface area contributed by atoms with Crippen molar-refractivity contribution in [1.29, 1.82) is 0 Å². The largest absolute Gasteiger partial charge is 0.393 e. The van der Waals surface area contributed by atoms with Gasteiger partial charge in [-0.25, -0.2) is 9.07 Å². The summed E-state index contributed by atoms with van der Waals surface area (Å²) in [6.45, 7) is 0. The van der Waals surface area contributed by atoms with Gasteiger partial charge in [0, 0.05) is 18.4 Å². The lowest BCUT2D eigenvalue weighted by Gasteiger charge is -2.26. The van der Waals surface area contributed by atoms with Crippen molar-refractivity contribution in [3.8, 4) is 11.5 Å². The van der Waals surface area contributed by atoms with Crippen molar-refractivity contribution in [2.75, 3.05) is 0 Å². The van der Waals surface area contributed by atoms with Gasteiger partial charge in [0.15, 0.2) is 5.82 Å². The second-order valence-electron chi connectivity index (χ2n) is 6.84. The van der Waals surface area contributed by atoms with Gasteiger partial charge in [-0.1, -0.05) is 0 Å². The Bertz CT molecular complexity index is 910. The molecule has 2 heterocycles. The molecule has 0 aliphatic heterocycles.